The number of amides is 2. The predicted octanol–water partition coefficient (Wildman–Crippen LogP) is 7.16. The molecular weight excluding hydrogens is 661 g/mol. The van der Waals surface area contributed by atoms with Crippen LogP contribution in [0.1, 0.15) is 46.6 Å². The van der Waals surface area contributed by atoms with Crippen molar-refractivity contribution in [3.8, 4) is 16.8 Å². The van der Waals surface area contributed by atoms with Crippen molar-refractivity contribution in [1.29, 1.82) is 0 Å². The van der Waals surface area contributed by atoms with Gasteiger partial charge in [0.25, 0.3) is 0 Å². The fourth-order valence-corrected chi connectivity index (χ4v) is 6.82. The van der Waals surface area contributed by atoms with Crippen LogP contribution in [0.15, 0.2) is 139 Å². The normalized spacial score (nSPS) is 17.2. The van der Waals surface area contributed by atoms with Crippen molar-refractivity contribution < 1.29 is 19.4 Å². The summed E-state index contributed by atoms with van der Waals surface area (Å²) >= 11 is 1.55. The molecule has 0 bridgehead atoms. The Morgan fingerprint density at radius 3 is 2.18 bits per heavy atom. The van der Waals surface area contributed by atoms with Crippen LogP contribution in [-0.4, -0.2) is 43.2 Å². The molecule has 5 aromatic carbocycles. The van der Waals surface area contributed by atoms with Gasteiger partial charge in [0.1, 0.15) is 0 Å². The van der Waals surface area contributed by atoms with Crippen LogP contribution in [0.4, 0.5) is 4.79 Å². The molecule has 1 aliphatic heterocycles. The van der Waals surface area contributed by atoms with Crippen molar-refractivity contribution in [2.24, 2.45) is 0 Å². The van der Waals surface area contributed by atoms with Crippen LogP contribution in [0.5, 0.6) is 0 Å². The molecule has 51 heavy (non-hydrogen) atoms. The Kier molecular flexibility index (Phi) is 11.1. The second kappa shape index (κ2) is 16.6. The molecule has 0 saturated carbocycles. The lowest BCUT2D eigenvalue weighted by molar-refractivity contribution is -0.245. The molecule has 1 fully saturated rings. The fraction of sp³-hybridized carbons (Fsp3) is 0.200. The quantitative estimate of drug-likeness (QED) is 0.115. The minimum absolute atomic E-state index is 0.0111. The molecule has 7 rings (SSSR count). The maximum atomic E-state index is 12.4. The number of rotatable bonds is 12. The highest BCUT2D eigenvalue weighted by Crippen LogP contribution is 2.40. The molecule has 2 heterocycles. The number of carbonyl (C=O) groups excluding carboxylic acids is 1. The number of ether oxygens (including phenoxy) is 2. The first-order valence-electron chi connectivity index (χ1n) is 16.8. The smallest absolute Gasteiger partial charge is 0.315 e. The minimum atomic E-state index is -0.587. The van der Waals surface area contributed by atoms with Crippen molar-refractivity contribution in [1.82, 2.24) is 30.8 Å². The number of nitrogens with one attached hydrogen (secondary N) is 2. The Bertz CT molecular complexity index is 2010. The zero-order chi connectivity index (χ0) is 34.8. The number of aromatic nitrogens is 4. The van der Waals surface area contributed by atoms with Crippen molar-refractivity contribution in [3.05, 3.63) is 161 Å². The lowest BCUT2D eigenvalue weighted by Gasteiger charge is -2.36. The van der Waals surface area contributed by atoms with Gasteiger partial charge in [-0.05, 0) is 62.0 Å². The molecule has 0 radical (unpaired) electrons. The summed E-state index contributed by atoms with van der Waals surface area (Å²) in [6.07, 6.45) is -0.291. The highest BCUT2D eigenvalue weighted by atomic mass is 32.2. The van der Waals surface area contributed by atoms with Crippen LogP contribution in [0, 0.1) is 0 Å². The lowest BCUT2D eigenvalue weighted by atomic mass is 9.99. The first kappa shape index (κ1) is 34.1. The molecule has 0 unspecified atom stereocenters. The summed E-state index contributed by atoms with van der Waals surface area (Å²) in [6, 6.07) is 43.7. The summed E-state index contributed by atoms with van der Waals surface area (Å²) in [6.45, 7) is 0.870. The molecule has 6 aromatic rings. The molecule has 3 atom stereocenters. The fourth-order valence-electron chi connectivity index (χ4n) is 5.91. The van der Waals surface area contributed by atoms with Gasteiger partial charge in [-0.2, -0.15) is 4.68 Å². The lowest BCUT2D eigenvalue weighted by Crippen LogP contribution is -2.34. The molecule has 0 aliphatic carbocycles. The van der Waals surface area contributed by atoms with Crippen LogP contribution in [0.3, 0.4) is 0 Å². The van der Waals surface area contributed by atoms with Crippen LogP contribution < -0.4 is 10.6 Å². The Labute approximate surface area is 300 Å². The highest BCUT2D eigenvalue weighted by molar-refractivity contribution is 7.99. The van der Waals surface area contributed by atoms with Crippen LogP contribution in [0.2, 0.25) is 0 Å². The molecule has 258 valence electrons. The largest absolute Gasteiger partial charge is 0.392 e. The number of carbonyl (C=O) groups is 1. The van der Waals surface area contributed by atoms with Gasteiger partial charge in [-0.25, -0.2) is 4.79 Å². The number of aliphatic hydroxyl groups is 1. The van der Waals surface area contributed by atoms with E-state index in [1.54, 1.807) is 16.4 Å². The standard InChI is InChI=1S/C40H38N6O4S/c47-26-29-14-16-32(17-15-29)37-23-36(27-51-40-43-44-45-46(40)35-12-5-2-6-13-35)49-38(50-37)33-20-18-31(19-21-33)34-11-7-10-30(22-34)25-42-39(48)41-24-28-8-3-1-4-9-28/h1-22,36-38,47H,23-27H2,(H2,41,42,48)/t36-,37+,38+/m0/s1. The molecule has 10 nitrogen and oxygen atoms in total. The summed E-state index contributed by atoms with van der Waals surface area (Å²) in [7, 11) is 0. The Morgan fingerprint density at radius 1 is 0.745 bits per heavy atom. The van der Waals surface area contributed by atoms with Gasteiger partial charge in [0, 0.05) is 30.8 Å². The van der Waals surface area contributed by atoms with E-state index in [4.69, 9.17) is 9.47 Å². The van der Waals surface area contributed by atoms with E-state index >= 15 is 0 Å². The van der Waals surface area contributed by atoms with Gasteiger partial charge in [-0.3, -0.25) is 0 Å². The second-order valence-electron chi connectivity index (χ2n) is 12.2. The zero-order valence-electron chi connectivity index (χ0n) is 27.8. The number of hydrogen-bond donors (Lipinski definition) is 3. The molecule has 2 amide bonds. The molecule has 0 spiro atoms. The summed E-state index contributed by atoms with van der Waals surface area (Å²) in [4.78, 5) is 12.4. The molecule has 1 saturated heterocycles. The monoisotopic (exact) mass is 698 g/mol. The van der Waals surface area contributed by atoms with E-state index in [1.165, 1.54) is 0 Å². The van der Waals surface area contributed by atoms with Gasteiger partial charge in [0.15, 0.2) is 6.29 Å². The van der Waals surface area contributed by atoms with Gasteiger partial charge < -0.3 is 25.2 Å². The number of aliphatic hydroxyl groups excluding tert-OH is 1. The van der Waals surface area contributed by atoms with E-state index in [1.807, 2.05) is 109 Å². The number of para-hydroxylation sites is 1. The summed E-state index contributed by atoms with van der Waals surface area (Å²) < 4.78 is 14.9. The third-order valence-corrected chi connectivity index (χ3v) is 9.70. The van der Waals surface area contributed by atoms with E-state index in [0.717, 1.165) is 44.6 Å². The average molecular weight is 699 g/mol. The van der Waals surface area contributed by atoms with Crippen molar-refractivity contribution in [3.63, 3.8) is 0 Å². The van der Waals surface area contributed by atoms with Gasteiger partial charge in [0.2, 0.25) is 5.16 Å². The van der Waals surface area contributed by atoms with E-state index in [9.17, 15) is 9.90 Å². The van der Waals surface area contributed by atoms with Gasteiger partial charge in [-0.1, -0.05) is 127 Å². The number of tetrazole rings is 1. The third kappa shape index (κ3) is 8.89. The third-order valence-electron chi connectivity index (χ3n) is 8.65. The van der Waals surface area contributed by atoms with Gasteiger partial charge in [-0.15, -0.1) is 5.10 Å². The van der Waals surface area contributed by atoms with Gasteiger partial charge in [0.05, 0.1) is 24.5 Å². The molecule has 1 aromatic heterocycles. The number of urea groups is 1. The van der Waals surface area contributed by atoms with Crippen molar-refractivity contribution >= 4 is 17.8 Å². The van der Waals surface area contributed by atoms with Crippen LogP contribution in [-0.2, 0) is 29.2 Å². The maximum absolute atomic E-state index is 12.4. The molecule has 1 aliphatic rings. The van der Waals surface area contributed by atoms with E-state index in [0.29, 0.717) is 30.4 Å². The molecular formula is C40H38N6O4S. The van der Waals surface area contributed by atoms with Crippen molar-refractivity contribution in [2.45, 2.75) is 49.8 Å². The number of nitrogens with zero attached hydrogens (tertiary/aromatic N) is 4. The van der Waals surface area contributed by atoms with E-state index in [-0.39, 0.29) is 24.8 Å². The first-order chi connectivity index (χ1) is 25.1. The highest BCUT2D eigenvalue weighted by Gasteiger charge is 2.32. The zero-order valence-corrected chi connectivity index (χ0v) is 28.7. The minimum Gasteiger partial charge on any atom is -0.392 e. The summed E-state index contributed by atoms with van der Waals surface area (Å²) in [5.41, 5.74) is 7.81. The number of thioether (sulfide) groups is 1. The van der Waals surface area contributed by atoms with Crippen molar-refractivity contribution in [2.75, 3.05) is 5.75 Å². The average Bonchev–Trinajstić information content (AvgIpc) is 3.68. The van der Waals surface area contributed by atoms with Crippen LogP contribution >= 0.6 is 11.8 Å². The molecule has 3 N–H and O–H groups in total. The predicted molar refractivity (Wildman–Crippen MR) is 196 cm³/mol. The van der Waals surface area contributed by atoms with Crippen LogP contribution in [0.25, 0.3) is 16.8 Å². The first-order valence-corrected chi connectivity index (χ1v) is 17.8. The van der Waals surface area contributed by atoms with E-state index in [2.05, 4.69) is 50.4 Å². The SMILES string of the molecule is O=C(NCc1ccccc1)NCc1cccc(-c2ccc([C@@H]3O[C@H](CSc4nnnn4-c4ccccc4)C[C@H](c4ccc(CO)cc4)O3)cc2)c1. The summed E-state index contributed by atoms with van der Waals surface area (Å²) in [5.74, 6) is 0.626. The number of hydrogen-bond acceptors (Lipinski definition) is 8. The van der Waals surface area contributed by atoms with Gasteiger partial charge >= 0.3 is 6.03 Å². The molecule has 11 heteroatoms. The maximum Gasteiger partial charge on any atom is 0.315 e. The Morgan fingerprint density at radius 2 is 1.43 bits per heavy atom. The topological polar surface area (TPSA) is 123 Å². The van der Waals surface area contributed by atoms with E-state index < -0.39 is 6.29 Å². The Hall–Kier alpha value is -5.33. The second-order valence-corrected chi connectivity index (χ2v) is 13.2. The number of benzene rings is 5. The Balaban J connectivity index is 1.02. The summed E-state index contributed by atoms with van der Waals surface area (Å²) in [5, 5.41) is 28.5.